The Hall–Kier alpha value is 2.13. The van der Waals surface area contributed by atoms with E-state index in [0.29, 0.717) is 0 Å². The predicted octanol–water partition coefficient (Wildman–Crippen LogP) is 1.26. The molecule has 0 N–H and O–H groups in total. The first-order chi connectivity index (χ1) is 1.73. The molecule has 0 aliphatic rings. The fraction of sp³-hybridized carbons (Fsp3) is 0. The Morgan fingerprint density at radius 1 is 1.40 bits per heavy atom. The van der Waals surface area contributed by atoms with Crippen molar-refractivity contribution >= 4 is 17.0 Å². The molecule has 0 saturated carbocycles. The van der Waals surface area contributed by atoms with E-state index in [0.717, 1.165) is 0 Å². The molecule has 5 heteroatoms. The Labute approximate surface area is 64.0 Å². The van der Waals surface area contributed by atoms with Crippen LogP contribution in [0.15, 0.2) is 0 Å². The van der Waals surface area contributed by atoms with Crippen LogP contribution in [0.5, 0.6) is 0 Å². The first-order valence-corrected chi connectivity index (χ1v) is 7.92. The molecule has 1 nitrogen and oxygen atoms in total. The molecule has 0 aromatic rings. The van der Waals surface area contributed by atoms with Crippen molar-refractivity contribution in [3.63, 3.8) is 0 Å². The third-order valence-corrected chi connectivity index (χ3v) is 0. The topological polar surface area (TPSA) is 17.1 Å². The Kier molecular flexibility index (Phi) is 12.5. The fourth-order valence-electron chi connectivity index (χ4n) is 0. The van der Waals surface area contributed by atoms with Gasteiger partial charge in [-0.15, -0.1) is 0 Å². The molecule has 0 spiro atoms. The summed E-state index contributed by atoms with van der Waals surface area (Å²) in [5.74, 6) is 0. The normalized spacial score (nSPS) is 5.20. The quantitative estimate of drug-likeness (QED) is 0.597. The van der Waals surface area contributed by atoms with Crippen LogP contribution in [0.25, 0.3) is 0 Å². The zero-order chi connectivity index (χ0) is 3.58. The summed E-state index contributed by atoms with van der Waals surface area (Å²) in [4.78, 5) is 0. The predicted molar refractivity (Wildman–Crippen MR) is 12.4 cm³/mol. The maximum atomic E-state index is 9.26. The van der Waals surface area contributed by atoms with Crippen LogP contribution in [0.1, 0.15) is 0 Å². The molecule has 0 rings (SSSR count). The standard InChI is InChI=1S/2ClH.Hf.O.Zr/h2*1H;;;/q;;;;+2/p-2. The van der Waals surface area contributed by atoms with Crippen LogP contribution >= 0.6 is 17.0 Å². The molecule has 0 bridgehead atoms. The van der Waals surface area contributed by atoms with Crippen LogP contribution in [-0.4, -0.2) is 0 Å². The summed E-state index contributed by atoms with van der Waals surface area (Å²) in [6.45, 7) is 0. The van der Waals surface area contributed by atoms with Gasteiger partial charge in [0, 0.05) is 25.8 Å². The minimum atomic E-state index is -2.85. The van der Waals surface area contributed by atoms with Gasteiger partial charge in [0.1, 0.15) is 0 Å². The second-order valence-corrected chi connectivity index (χ2v) is 6.54. The Morgan fingerprint density at radius 3 is 1.40 bits per heavy atom. The van der Waals surface area contributed by atoms with E-state index in [1.807, 2.05) is 0 Å². The summed E-state index contributed by atoms with van der Waals surface area (Å²) in [6, 6.07) is 0. The summed E-state index contributed by atoms with van der Waals surface area (Å²) in [5.41, 5.74) is 0. The first kappa shape index (κ1) is 10.2. The molecule has 0 aromatic heterocycles. The Morgan fingerprint density at radius 2 is 1.40 bits per heavy atom. The van der Waals surface area contributed by atoms with Crippen LogP contribution in [0.2, 0.25) is 0 Å². The van der Waals surface area contributed by atoms with E-state index in [2.05, 4.69) is 17.0 Å². The van der Waals surface area contributed by atoms with Crippen LogP contribution in [0, 0.1) is 0 Å². The van der Waals surface area contributed by atoms with Crippen LogP contribution in [-0.2, 0) is 48.0 Å². The van der Waals surface area contributed by atoms with E-state index in [1.165, 1.54) is 0 Å². The van der Waals surface area contributed by atoms with Crippen molar-refractivity contribution in [2.24, 2.45) is 0 Å². The fourth-order valence-corrected chi connectivity index (χ4v) is 0. The van der Waals surface area contributed by atoms with Crippen LogP contribution in [0.3, 0.4) is 0 Å². The molecule has 0 amide bonds. The van der Waals surface area contributed by atoms with Gasteiger partial charge >= 0.3 is 39.2 Å². The third kappa shape index (κ3) is 23.0. The maximum absolute atomic E-state index is 9.26. The van der Waals surface area contributed by atoms with E-state index in [4.69, 9.17) is 0 Å². The van der Waals surface area contributed by atoms with Gasteiger partial charge in [-0.3, -0.25) is 0 Å². The zero-order valence-corrected chi connectivity index (χ0v) is 9.73. The Bertz CT molecular complexity index is 32.6. The molecule has 0 radical (unpaired) electrons. The number of halogens is 2. The van der Waals surface area contributed by atoms with E-state index in [-0.39, 0.29) is 25.8 Å². The molecule has 0 unspecified atom stereocenters. The molecule has 0 saturated heterocycles. The van der Waals surface area contributed by atoms with Crippen LogP contribution < -0.4 is 0 Å². The van der Waals surface area contributed by atoms with Gasteiger partial charge in [-0.1, -0.05) is 0 Å². The number of hydrogen-bond donors (Lipinski definition) is 0. The van der Waals surface area contributed by atoms with Crippen molar-refractivity contribution in [2.75, 3.05) is 0 Å². The SMILES string of the molecule is [Hf].[O]=[Zr]([Cl])[Cl]. The molecule has 0 aromatic carbocycles. The minimum absolute atomic E-state index is 0. The molecule has 28 valence electrons. The van der Waals surface area contributed by atoms with E-state index >= 15 is 0 Å². The summed E-state index contributed by atoms with van der Waals surface area (Å²) in [5, 5.41) is 0. The summed E-state index contributed by atoms with van der Waals surface area (Å²) in [6.07, 6.45) is 0. The van der Waals surface area contributed by atoms with Crippen molar-refractivity contribution in [3.05, 3.63) is 0 Å². The average molecular weight is 357 g/mol. The van der Waals surface area contributed by atoms with Gasteiger partial charge in [0.05, 0.1) is 0 Å². The monoisotopic (exact) mass is 356 g/mol. The van der Waals surface area contributed by atoms with E-state index in [9.17, 15) is 2.81 Å². The van der Waals surface area contributed by atoms with Crippen LogP contribution in [0.4, 0.5) is 0 Å². The van der Waals surface area contributed by atoms with Gasteiger partial charge in [0.2, 0.25) is 0 Å². The molecule has 0 aliphatic carbocycles. The zero-order valence-electron chi connectivity index (χ0n) is 2.16. The van der Waals surface area contributed by atoms with Crippen molar-refractivity contribution in [1.82, 2.24) is 0 Å². The van der Waals surface area contributed by atoms with Gasteiger partial charge in [-0.2, -0.15) is 0 Å². The van der Waals surface area contributed by atoms with E-state index < -0.39 is 19.4 Å². The van der Waals surface area contributed by atoms with Gasteiger partial charge < -0.3 is 0 Å². The molecule has 5 heavy (non-hydrogen) atoms. The van der Waals surface area contributed by atoms with Gasteiger partial charge in [-0.25, -0.2) is 0 Å². The van der Waals surface area contributed by atoms with Crippen molar-refractivity contribution in [2.45, 2.75) is 0 Å². The molecule has 0 fully saturated rings. The summed E-state index contributed by atoms with van der Waals surface area (Å²) < 4.78 is 9.26. The Balaban J connectivity index is 0. The summed E-state index contributed by atoms with van der Waals surface area (Å²) >= 11 is -2.85. The van der Waals surface area contributed by atoms with E-state index in [1.54, 1.807) is 0 Å². The van der Waals surface area contributed by atoms with Crippen molar-refractivity contribution in [1.29, 1.82) is 0 Å². The van der Waals surface area contributed by atoms with Gasteiger partial charge in [-0.05, 0) is 0 Å². The van der Waals surface area contributed by atoms with Gasteiger partial charge in [0.25, 0.3) is 0 Å². The summed E-state index contributed by atoms with van der Waals surface area (Å²) in [7, 11) is 9.36. The molecule has 0 atom stereocenters. The third-order valence-electron chi connectivity index (χ3n) is 0. The first-order valence-electron chi connectivity index (χ1n) is 0.582. The molecule has 0 aliphatic heterocycles. The molecular weight excluding hydrogens is 357 g/mol. The second-order valence-electron chi connectivity index (χ2n) is 0.226. The number of hydrogen-bond acceptors (Lipinski definition) is 1. The van der Waals surface area contributed by atoms with Crippen molar-refractivity contribution < 1.29 is 48.0 Å². The second kappa shape index (κ2) is 6.13. The number of rotatable bonds is 0. The van der Waals surface area contributed by atoms with Crippen molar-refractivity contribution in [3.8, 4) is 0 Å². The average Bonchev–Trinajstić information content (AvgIpc) is 0.811. The van der Waals surface area contributed by atoms with Gasteiger partial charge in [0.15, 0.2) is 0 Å². The molecular formula is Cl2HfOZr. The molecule has 0 heterocycles.